The summed E-state index contributed by atoms with van der Waals surface area (Å²) in [6.07, 6.45) is -2.00. The molecule has 4 saturated carbocycles. The molecule has 0 spiro atoms. The van der Waals surface area contributed by atoms with Gasteiger partial charge in [0, 0.05) is 72.2 Å². The standard InChI is InChI=1S/C58H86O18/c1-30(2)25-45(62)73-54-53(71-36(8)61)49(31(3)59)57(10)24-22-40-41(58(54,57)76-55(63)37-17-15-14-16-18-37)20-19-38-26-39(21-23-56(38,40)9)72-46-27-43(65-12)51(33(5)67-46)75-48-29-44(66-13)52(34(6)69-48)74-47-28-42(64-11)50(32(4)68-47)70-35(7)60/h14-18,30,32-34,38-44,46-54H,19-29H2,1-13H3. The molecule has 22 unspecified atom stereocenters. The SMILES string of the molecule is COC1CC(OC2C(C)OC(OC3C(C)OC(OC4CCC5(C)C(CCC6C5CCC5(C)C(C(C)=O)C(OC(C)=O)C(OC(=O)CC(C)C)C65OC(=O)c5ccccc5)C4)CC3OC)CC2OC)OC(C)C1OC(C)=O. The Kier molecular flexibility index (Phi) is 18.5. The van der Waals surface area contributed by atoms with Crippen molar-refractivity contribution < 1.29 is 85.6 Å². The summed E-state index contributed by atoms with van der Waals surface area (Å²) in [5.74, 6) is -3.29. The topological polar surface area (TPSA) is 205 Å². The molecule has 0 radical (unpaired) electrons. The zero-order chi connectivity index (χ0) is 55.0. The van der Waals surface area contributed by atoms with Crippen molar-refractivity contribution in [1.82, 2.24) is 0 Å². The van der Waals surface area contributed by atoms with E-state index in [1.165, 1.54) is 20.8 Å². The number of fused-ring (bicyclic) bond motifs is 5. The van der Waals surface area contributed by atoms with E-state index in [0.29, 0.717) is 37.7 Å². The van der Waals surface area contributed by atoms with Gasteiger partial charge in [0.15, 0.2) is 42.8 Å². The molecule has 7 fully saturated rings. The minimum atomic E-state index is -1.50. The zero-order valence-electron chi connectivity index (χ0n) is 47.1. The van der Waals surface area contributed by atoms with Gasteiger partial charge in [-0.25, -0.2) is 4.79 Å². The molecule has 1 aromatic rings. The second-order valence-electron chi connectivity index (χ2n) is 23.8. The summed E-state index contributed by atoms with van der Waals surface area (Å²) >= 11 is 0. The highest BCUT2D eigenvalue weighted by Gasteiger charge is 2.79. The number of ketones is 1. The number of methoxy groups -OCH3 is 3. The van der Waals surface area contributed by atoms with Gasteiger partial charge in [-0.3, -0.25) is 19.2 Å². The molecule has 18 nitrogen and oxygen atoms in total. The lowest BCUT2D eigenvalue weighted by Gasteiger charge is -2.64. The van der Waals surface area contributed by atoms with E-state index in [0.717, 1.165) is 32.1 Å². The third-order valence-corrected chi connectivity index (χ3v) is 18.7. The van der Waals surface area contributed by atoms with Crippen LogP contribution in [0.5, 0.6) is 0 Å². The Bertz CT molecular complexity index is 2190. The van der Waals surface area contributed by atoms with Crippen molar-refractivity contribution in [2.45, 2.75) is 238 Å². The molecule has 4 aliphatic carbocycles. The first-order valence-electron chi connectivity index (χ1n) is 27.9. The summed E-state index contributed by atoms with van der Waals surface area (Å²) in [5, 5.41) is 0. The van der Waals surface area contributed by atoms with Crippen LogP contribution in [0.3, 0.4) is 0 Å². The van der Waals surface area contributed by atoms with E-state index in [2.05, 4.69) is 6.92 Å². The Morgan fingerprint density at radius 2 is 1.14 bits per heavy atom. The molecule has 76 heavy (non-hydrogen) atoms. The lowest BCUT2D eigenvalue weighted by molar-refractivity contribution is -0.339. The predicted molar refractivity (Wildman–Crippen MR) is 272 cm³/mol. The highest BCUT2D eigenvalue weighted by atomic mass is 16.7. The van der Waals surface area contributed by atoms with Crippen LogP contribution in [0.4, 0.5) is 0 Å². The summed E-state index contributed by atoms with van der Waals surface area (Å²) < 4.78 is 82.2. The van der Waals surface area contributed by atoms with Crippen LogP contribution in [-0.2, 0) is 80.8 Å². The number of Topliss-reactive ketones (excluding diaryl/α,β-unsaturated/α-hetero) is 1. The van der Waals surface area contributed by atoms with Crippen LogP contribution < -0.4 is 0 Å². The molecule has 0 amide bonds. The highest BCUT2D eigenvalue weighted by molar-refractivity contribution is 5.90. The second kappa shape index (κ2) is 24.0. The van der Waals surface area contributed by atoms with Crippen molar-refractivity contribution in [2.24, 2.45) is 40.4 Å². The summed E-state index contributed by atoms with van der Waals surface area (Å²) in [5.41, 5.74) is -2.42. The van der Waals surface area contributed by atoms with Crippen LogP contribution >= 0.6 is 0 Å². The van der Waals surface area contributed by atoms with Gasteiger partial charge in [0.1, 0.15) is 24.1 Å². The van der Waals surface area contributed by atoms with Crippen molar-refractivity contribution in [2.75, 3.05) is 21.3 Å². The Morgan fingerprint density at radius 3 is 1.67 bits per heavy atom. The fourth-order valence-electron chi connectivity index (χ4n) is 15.3. The smallest absolute Gasteiger partial charge is 0.338 e. The third-order valence-electron chi connectivity index (χ3n) is 18.7. The van der Waals surface area contributed by atoms with E-state index in [-0.39, 0.29) is 53.5 Å². The zero-order valence-corrected chi connectivity index (χ0v) is 47.1. The van der Waals surface area contributed by atoms with Gasteiger partial charge in [-0.1, -0.05) is 45.9 Å². The first kappa shape index (κ1) is 58.6. The van der Waals surface area contributed by atoms with Gasteiger partial charge in [-0.2, -0.15) is 0 Å². The maximum atomic E-state index is 14.6. The Labute approximate surface area is 449 Å². The Balaban J connectivity index is 0.947. The van der Waals surface area contributed by atoms with Gasteiger partial charge >= 0.3 is 23.9 Å². The third kappa shape index (κ3) is 11.5. The number of hydrogen-bond acceptors (Lipinski definition) is 18. The average molecular weight is 1070 g/mol. The molecule has 3 aliphatic heterocycles. The molecular weight excluding hydrogens is 985 g/mol. The van der Waals surface area contributed by atoms with Gasteiger partial charge in [0.25, 0.3) is 0 Å². The number of hydrogen-bond donors (Lipinski definition) is 0. The van der Waals surface area contributed by atoms with E-state index in [4.69, 9.17) is 61.6 Å². The van der Waals surface area contributed by atoms with Crippen LogP contribution in [0.25, 0.3) is 0 Å². The Morgan fingerprint density at radius 1 is 0.618 bits per heavy atom. The lowest BCUT2D eigenvalue weighted by atomic mass is 9.43. The lowest BCUT2D eigenvalue weighted by Crippen LogP contribution is -2.68. The molecule has 0 aromatic heterocycles. The van der Waals surface area contributed by atoms with Crippen LogP contribution in [0.15, 0.2) is 30.3 Å². The molecule has 7 aliphatic rings. The highest BCUT2D eigenvalue weighted by Crippen LogP contribution is 2.71. The maximum Gasteiger partial charge on any atom is 0.338 e. The monoisotopic (exact) mass is 1070 g/mol. The van der Waals surface area contributed by atoms with Gasteiger partial charge in [0.05, 0.1) is 48.1 Å². The number of carbonyl (C=O) groups is 5. The number of rotatable bonds is 17. The summed E-state index contributed by atoms with van der Waals surface area (Å²) in [6, 6.07) is 8.76. The molecule has 0 N–H and O–H groups in total. The first-order chi connectivity index (χ1) is 36.1. The van der Waals surface area contributed by atoms with Crippen molar-refractivity contribution in [3.8, 4) is 0 Å². The van der Waals surface area contributed by atoms with Crippen molar-refractivity contribution in [3.63, 3.8) is 0 Å². The maximum absolute atomic E-state index is 14.6. The molecule has 18 heteroatoms. The van der Waals surface area contributed by atoms with Crippen molar-refractivity contribution >= 4 is 29.7 Å². The van der Waals surface area contributed by atoms with E-state index >= 15 is 0 Å². The van der Waals surface area contributed by atoms with E-state index in [1.807, 2.05) is 47.6 Å². The molecule has 3 saturated heterocycles. The van der Waals surface area contributed by atoms with Crippen LogP contribution in [0.2, 0.25) is 0 Å². The fourth-order valence-corrected chi connectivity index (χ4v) is 15.3. The molecule has 0 bridgehead atoms. The minimum absolute atomic E-state index is 0.0126. The average Bonchev–Trinajstić information content (AvgIpc) is 3.67. The molecule has 8 rings (SSSR count). The quantitative estimate of drug-likeness (QED) is 0.0827. The summed E-state index contributed by atoms with van der Waals surface area (Å²) in [7, 11) is 4.88. The summed E-state index contributed by atoms with van der Waals surface area (Å²) in [6.45, 7) is 18.0. The fraction of sp³-hybridized carbons (Fsp3) is 0.810. The minimum Gasteiger partial charge on any atom is -0.458 e. The number of benzene rings is 1. The predicted octanol–water partition coefficient (Wildman–Crippen LogP) is 7.86. The molecular formula is C58H86O18. The van der Waals surface area contributed by atoms with Gasteiger partial charge < -0.3 is 61.6 Å². The number of ether oxygens (including phenoxy) is 13. The van der Waals surface area contributed by atoms with Crippen LogP contribution in [0, 0.1) is 40.4 Å². The van der Waals surface area contributed by atoms with Gasteiger partial charge in [-0.05, 0) is 108 Å². The number of carbonyl (C=O) groups excluding carboxylic acids is 5. The summed E-state index contributed by atoms with van der Waals surface area (Å²) in [4.78, 5) is 67.3. The van der Waals surface area contributed by atoms with Crippen LogP contribution in [-0.4, -0.2) is 149 Å². The first-order valence-corrected chi connectivity index (χ1v) is 27.9. The van der Waals surface area contributed by atoms with E-state index in [1.54, 1.807) is 45.6 Å². The Hall–Kier alpha value is -3.59. The normalized spacial score (nSPS) is 43.2. The van der Waals surface area contributed by atoms with E-state index < -0.39 is 121 Å². The largest absolute Gasteiger partial charge is 0.458 e. The molecule has 22 atom stereocenters. The van der Waals surface area contributed by atoms with Gasteiger partial charge in [0.2, 0.25) is 0 Å². The van der Waals surface area contributed by atoms with Crippen LogP contribution in [0.1, 0.15) is 150 Å². The second-order valence-corrected chi connectivity index (χ2v) is 23.8. The number of esters is 4. The van der Waals surface area contributed by atoms with Crippen molar-refractivity contribution in [3.05, 3.63) is 35.9 Å². The van der Waals surface area contributed by atoms with Crippen molar-refractivity contribution in [1.29, 1.82) is 0 Å². The molecule has 1 aromatic carbocycles. The molecule has 426 valence electrons. The van der Waals surface area contributed by atoms with E-state index in [9.17, 15) is 24.0 Å². The van der Waals surface area contributed by atoms with Gasteiger partial charge in [-0.15, -0.1) is 0 Å². The molecule has 3 heterocycles.